The zero-order valence-corrected chi connectivity index (χ0v) is 8.56. The van der Waals surface area contributed by atoms with Crippen molar-refractivity contribution in [1.82, 2.24) is 9.80 Å². The van der Waals surface area contributed by atoms with Gasteiger partial charge in [-0.3, -0.25) is 9.80 Å². The lowest BCUT2D eigenvalue weighted by Crippen LogP contribution is -2.44. The van der Waals surface area contributed by atoms with Gasteiger partial charge in [0, 0.05) is 31.6 Å². The average molecular weight is 194 g/mol. The second kappa shape index (κ2) is 2.71. The average Bonchev–Trinajstić information content (AvgIpc) is 2.96. The summed E-state index contributed by atoms with van der Waals surface area (Å²) in [6.45, 7) is 5.16. The van der Waals surface area contributed by atoms with Crippen LogP contribution >= 0.6 is 0 Å². The molecule has 4 saturated heterocycles. The van der Waals surface area contributed by atoms with E-state index in [4.69, 9.17) is 4.74 Å². The first-order chi connectivity index (χ1) is 6.90. The minimum absolute atomic E-state index is 0.616. The first-order valence-electron chi connectivity index (χ1n) is 6.02. The summed E-state index contributed by atoms with van der Waals surface area (Å²) in [5.74, 6) is 0.860. The molecule has 4 aliphatic rings. The van der Waals surface area contributed by atoms with E-state index in [9.17, 15) is 0 Å². The van der Waals surface area contributed by atoms with Gasteiger partial charge >= 0.3 is 0 Å². The van der Waals surface area contributed by atoms with E-state index < -0.39 is 0 Å². The monoisotopic (exact) mass is 194 g/mol. The largest absolute Gasteiger partial charge is 0.375 e. The van der Waals surface area contributed by atoms with Gasteiger partial charge in [0.1, 0.15) is 0 Å². The summed E-state index contributed by atoms with van der Waals surface area (Å²) in [7, 11) is 0. The molecule has 3 heteroatoms. The summed E-state index contributed by atoms with van der Waals surface area (Å²) < 4.78 is 5.96. The molecule has 4 aliphatic heterocycles. The minimum atomic E-state index is 0.616. The topological polar surface area (TPSA) is 15.7 Å². The SMILES string of the molecule is C1CC2OC1CC2C1CN2CCN1C2. The molecule has 0 spiro atoms. The molecule has 0 aromatic heterocycles. The Morgan fingerprint density at radius 3 is 2.71 bits per heavy atom. The van der Waals surface area contributed by atoms with E-state index in [0.717, 1.165) is 12.0 Å². The van der Waals surface area contributed by atoms with Crippen molar-refractivity contribution in [2.75, 3.05) is 26.3 Å². The van der Waals surface area contributed by atoms with Crippen molar-refractivity contribution in [3.8, 4) is 0 Å². The third kappa shape index (κ3) is 0.980. The normalized spacial score (nSPS) is 60.0. The van der Waals surface area contributed by atoms with Crippen LogP contribution in [-0.2, 0) is 4.74 Å². The smallest absolute Gasteiger partial charge is 0.0624 e. The van der Waals surface area contributed by atoms with Crippen LogP contribution in [0.5, 0.6) is 0 Å². The summed E-state index contributed by atoms with van der Waals surface area (Å²) in [6, 6.07) is 0.832. The fourth-order valence-electron chi connectivity index (χ4n) is 3.96. The summed E-state index contributed by atoms with van der Waals surface area (Å²) in [5, 5.41) is 0. The molecule has 4 heterocycles. The van der Waals surface area contributed by atoms with Crippen LogP contribution in [-0.4, -0.2) is 54.4 Å². The second-order valence-electron chi connectivity index (χ2n) is 5.37. The van der Waals surface area contributed by atoms with Crippen LogP contribution < -0.4 is 0 Å². The molecule has 4 fully saturated rings. The molecular weight excluding hydrogens is 176 g/mol. The zero-order chi connectivity index (χ0) is 9.12. The van der Waals surface area contributed by atoms with Gasteiger partial charge in [0.25, 0.3) is 0 Å². The number of hydrogen-bond acceptors (Lipinski definition) is 3. The van der Waals surface area contributed by atoms with Gasteiger partial charge < -0.3 is 4.74 Å². The molecule has 0 aromatic rings. The third-order valence-electron chi connectivity index (χ3n) is 4.65. The Bertz CT molecular complexity index is 232. The Morgan fingerprint density at radius 1 is 1.14 bits per heavy atom. The van der Waals surface area contributed by atoms with Gasteiger partial charge in [0.15, 0.2) is 0 Å². The Kier molecular flexibility index (Phi) is 1.57. The van der Waals surface area contributed by atoms with Crippen molar-refractivity contribution in [3.63, 3.8) is 0 Å². The number of piperazine rings is 1. The Hall–Kier alpha value is -0.120. The Labute approximate surface area is 85.0 Å². The molecule has 4 rings (SSSR count). The van der Waals surface area contributed by atoms with Crippen LogP contribution in [0, 0.1) is 5.92 Å². The molecule has 0 N–H and O–H groups in total. The highest BCUT2D eigenvalue weighted by atomic mass is 16.5. The van der Waals surface area contributed by atoms with Crippen molar-refractivity contribution in [2.24, 2.45) is 5.92 Å². The lowest BCUT2D eigenvalue weighted by atomic mass is 9.83. The fraction of sp³-hybridized carbons (Fsp3) is 1.00. The second-order valence-corrected chi connectivity index (χ2v) is 5.37. The highest BCUT2D eigenvalue weighted by Crippen LogP contribution is 2.43. The summed E-state index contributed by atoms with van der Waals surface area (Å²) in [6.07, 6.45) is 5.25. The lowest BCUT2D eigenvalue weighted by Gasteiger charge is -2.32. The van der Waals surface area contributed by atoms with Gasteiger partial charge in [-0.15, -0.1) is 0 Å². The first kappa shape index (κ1) is 8.08. The number of hydrogen-bond donors (Lipinski definition) is 0. The summed E-state index contributed by atoms with van der Waals surface area (Å²) in [4.78, 5) is 5.27. The summed E-state index contributed by atoms with van der Waals surface area (Å²) >= 11 is 0. The van der Waals surface area contributed by atoms with Gasteiger partial charge in [0.2, 0.25) is 0 Å². The van der Waals surface area contributed by atoms with Crippen LogP contribution in [0.3, 0.4) is 0 Å². The van der Waals surface area contributed by atoms with Crippen molar-refractivity contribution in [1.29, 1.82) is 0 Å². The third-order valence-corrected chi connectivity index (χ3v) is 4.65. The van der Waals surface area contributed by atoms with Crippen LogP contribution in [0.25, 0.3) is 0 Å². The van der Waals surface area contributed by atoms with Crippen LogP contribution in [0.1, 0.15) is 19.3 Å². The predicted octanol–water partition coefficient (Wildman–Crippen LogP) is 0.511. The van der Waals surface area contributed by atoms with Crippen LogP contribution in [0.2, 0.25) is 0 Å². The van der Waals surface area contributed by atoms with E-state index in [1.54, 1.807) is 0 Å². The fourth-order valence-corrected chi connectivity index (χ4v) is 3.96. The van der Waals surface area contributed by atoms with E-state index in [1.807, 2.05) is 0 Å². The van der Waals surface area contributed by atoms with Gasteiger partial charge in [-0.1, -0.05) is 0 Å². The molecule has 14 heavy (non-hydrogen) atoms. The first-order valence-corrected chi connectivity index (χ1v) is 6.02. The van der Waals surface area contributed by atoms with Crippen molar-refractivity contribution in [2.45, 2.75) is 37.5 Å². The van der Waals surface area contributed by atoms with E-state index in [1.165, 1.54) is 45.6 Å². The molecule has 78 valence electrons. The van der Waals surface area contributed by atoms with E-state index in [2.05, 4.69) is 9.80 Å². The highest BCUT2D eigenvalue weighted by molar-refractivity contribution is 5.01. The van der Waals surface area contributed by atoms with Gasteiger partial charge in [-0.25, -0.2) is 0 Å². The van der Waals surface area contributed by atoms with E-state index in [0.29, 0.717) is 12.2 Å². The van der Waals surface area contributed by atoms with Gasteiger partial charge in [0.05, 0.1) is 18.9 Å². The zero-order valence-electron chi connectivity index (χ0n) is 8.56. The molecule has 0 aromatic carbocycles. The molecule has 0 aliphatic carbocycles. The maximum absolute atomic E-state index is 5.96. The van der Waals surface area contributed by atoms with Crippen LogP contribution in [0.4, 0.5) is 0 Å². The predicted molar refractivity (Wildman–Crippen MR) is 52.9 cm³/mol. The molecule has 0 amide bonds. The highest BCUT2D eigenvalue weighted by Gasteiger charge is 2.49. The lowest BCUT2D eigenvalue weighted by molar-refractivity contribution is 0.0731. The molecular formula is C11H18N2O. The Morgan fingerprint density at radius 2 is 2.14 bits per heavy atom. The van der Waals surface area contributed by atoms with Crippen molar-refractivity contribution >= 4 is 0 Å². The molecule has 3 nitrogen and oxygen atoms in total. The number of rotatable bonds is 1. The quantitative estimate of drug-likeness (QED) is 0.605. The van der Waals surface area contributed by atoms with Gasteiger partial charge in [-0.2, -0.15) is 0 Å². The molecule has 6 atom stereocenters. The maximum Gasteiger partial charge on any atom is 0.0624 e. The van der Waals surface area contributed by atoms with Crippen molar-refractivity contribution < 1.29 is 4.74 Å². The minimum Gasteiger partial charge on any atom is -0.375 e. The number of fused-ring (bicyclic) bond motifs is 4. The molecule has 4 bridgehead atoms. The number of nitrogens with zero attached hydrogens (tertiary/aromatic N) is 2. The molecule has 0 radical (unpaired) electrons. The maximum atomic E-state index is 5.96. The van der Waals surface area contributed by atoms with Crippen LogP contribution in [0.15, 0.2) is 0 Å². The van der Waals surface area contributed by atoms with E-state index in [-0.39, 0.29) is 0 Å². The van der Waals surface area contributed by atoms with Crippen molar-refractivity contribution in [3.05, 3.63) is 0 Å². The molecule has 6 unspecified atom stereocenters. The molecule has 0 saturated carbocycles. The number of ether oxygens (including phenoxy) is 1. The summed E-state index contributed by atoms with van der Waals surface area (Å²) in [5.41, 5.74) is 0. The van der Waals surface area contributed by atoms with E-state index >= 15 is 0 Å². The van der Waals surface area contributed by atoms with Gasteiger partial charge in [-0.05, 0) is 19.3 Å². The standard InChI is InChI=1S/C11H18N2O/c1-2-11-9(5-8(1)14-11)10-6-12-3-4-13(10)7-12/h8-11H,1-7H2. The Balaban J connectivity index is 1.54.